The van der Waals surface area contributed by atoms with Crippen LogP contribution in [-0.4, -0.2) is 40.6 Å². The summed E-state index contributed by atoms with van der Waals surface area (Å²) in [4.78, 5) is 4.44. The van der Waals surface area contributed by atoms with Crippen molar-refractivity contribution in [3.8, 4) is 11.1 Å². The maximum Gasteiger partial charge on any atom is 0.240 e. The van der Waals surface area contributed by atoms with E-state index in [1.54, 1.807) is 42.1 Å². The van der Waals surface area contributed by atoms with Gasteiger partial charge in [-0.3, -0.25) is 5.10 Å². The molecule has 1 saturated heterocycles. The van der Waals surface area contributed by atoms with Gasteiger partial charge in [0.2, 0.25) is 10.0 Å². The van der Waals surface area contributed by atoms with E-state index >= 15 is 0 Å². The van der Waals surface area contributed by atoms with Gasteiger partial charge >= 0.3 is 0 Å². The van der Waals surface area contributed by atoms with Gasteiger partial charge in [-0.05, 0) is 39.9 Å². The molecule has 3 N–H and O–H groups in total. The minimum absolute atomic E-state index is 0.0115. The molecule has 2 heterocycles. The first-order chi connectivity index (χ1) is 21.5. The molecular weight excluding hydrogens is 597 g/mol. The Bertz CT molecular complexity index is 1750. The summed E-state index contributed by atoms with van der Waals surface area (Å²) in [5, 5.41) is 17.0. The van der Waals surface area contributed by atoms with Crippen molar-refractivity contribution in [1.29, 1.82) is 0 Å². The normalized spacial score (nSPS) is 18.7. The maximum absolute atomic E-state index is 12.8. The number of aliphatic hydroxyl groups is 1. The summed E-state index contributed by atoms with van der Waals surface area (Å²) in [5.41, 5.74) is 5.49. The van der Waals surface area contributed by atoms with Gasteiger partial charge in [0.15, 0.2) is 11.4 Å². The van der Waals surface area contributed by atoms with Crippen LogP contribution in [0, 0.1) is 0 Å². The Morgan fingerprint density at radius 1 is 0.886 bits per heavy atom. The molecule has 1 aliphatic rings. The van der Waals surface area contributed by atoms with Gasteiger partial charge in [-0.2, -0.15) is 5.10 Å². The fourth-order valence-corrected chi connectivity index (χ4v) is 6.92. The third kappa shape index (κ3) is 7.27. The van der Waals surface area contributed by atoms with E-state index in [9.17, 15) is 13.5 Å². The lowest BCUT2D eigenvalue weighted by molar-refractivity contribution is -0.245. The number of benzene rings is 4. The zero-order valence-corrected chi connectivity index (χ0v) is 25.4. The number of aromatic amines is 1. The molecule has 4 aromatic carbocycles. The summed E-state index contributed by atoms with van der Waals surface area (Å²) in [5.74, 6) is 0.671. The Labute approximate surface area is 260 Å². The topological polar surface area (TPSA) is 126 Å². The van der Waals surface area contributed by atoms with Gasteiger partial charge in [0, 0.05) is 24.3 Å². The van der Waals surface area contributed by atoms with Gasteiger partial charge in [-0.25, -0.2) is 18.1 Å². The molecule has 11 heteroatoms. The summed E-state index contributed by atoms with van der Waals surface area (Å²) in [6.07, 6.45) is 1.26. The highest BCUT2D eigenvalue weighted by molar-refractivity contribution is 7.99. The van der Waals surface area contributed by atoms with Crippen LogP contribution in [-0.2, 0) is 32.6 Å². The van der Waals surface area contributed by atoms with Crippen molar-refractivity contribution in [2.75, 3.05) is 5.75 Å². The molecule has 0 aliphatic carbocycles. The molecule has 0 spiro atoms. The highest BCUT2D eigenvalue weighted by Crippen LogP contribution is 2.39. The highest BCUT2D eigenvalue weighted by atomic mass is 32.2. The summed E-state index contributed by atoms with van der Waals surface area (Å²) >= 11 is 1.55. The quantitative estimate of drug-likeness (QED) is 0.157. The molecule has 0 amide bonds. The first kappa shape index (κ1) is 30.2. The molecule has 9 nitrogen and oxygen atoms in total. The third-order valence-electron chi connectivity index (χ3n) is 7.43. The Kier molecular flexibility index (Phi) is 9.51. The van der Waals surface area contributed by atoms with E-state index in [1.807, 2.05) is 72.8 Å². The van der Waals surface area contributed by atoms with Crippen molar-refractivity contribution in [3.63, 3.8) is 0 Å². The minimum atomic E-state index is -3.64. The van der Waals surface area contributed by atoms with Crippen LogP contribution < -0.4 is 4.72 Å². The lowest BCUT2D eigenvalue weighted by atomic mass is 9.98. The van der Waals surface area contributed by atoms with Crippen LogP contribution in [0.4, 0.5) is 0 Å². The van der Waals surface area contributed by atoms with E-state index in [2.05, 4.69) is 19.9 Å². The van der Waals surface area contributed by atoms with Crippen molar-refractivity contribution in [3.05, 3.63) is 132 Å². The average Bonchev–Trinajstić information content (AvgIpc) is 3.61. The summed E-state index contributed by atoms with van der Waals surface area (Å²) in [6.45, 7) is 0.146. The molecule has 3 unspecified atom stereocenters. The first-order valence-corrected chi connectivity index (χ1v) is 16.7. The number of sulfonamides is 1. The number of thioether (sulfide) groups is 1. The lowest BCUT2D eigenvalue weighted by Crippen LogP contribution is -2.31. The Morgan fingerprint density at radius 2 is 1.61 bits per heavy atom. The molecule has 3 atom stereocenters. The number of hydrogen-bond donors (Lipinski definition) is 3. The number of rotatable bonds is 11. The molecule has 0 saturated carbocycles. The first-order valence-electron chi connectivity index (χ1n) is 14.2. The number of nitrogens with zero attached hydrogens (tertiary/aromatic N) is 2. The number of ether oxygens (including phenoxy) is 2. The third-order valence-corrected chi connectivity index (χ3v) is 9.86. The van der Waals surface area contributed by atoms with Crippen LogP contribution in [0.3, 0.4) is 0 Å². The standard InChI is InChI=1S/C33H32N4O5S2/c38-20-23-10-12-25(13-11-23)31-18-28(21-43-33-34-22-35-37-33)41-32(42-31)26-16-14-24(15-17-26)30-9-5-4-6-27(30)19-36-44(39,40)29-7-2-1-3-8-29/h1-17,22,28,31-32,36,38H,18-21H2,(H,34,35,37). The molecular formula is C33H32N4O5S2. The molecule has 226 valence electrons. The Morgan fingerprint density at radius 3 is 2.34 bits per heavy atom. The molecule has 1 aliphatic heterocycles. The van der Waals surface area contributed by atoms with E-state index in [0.717, 1.165) is 38.5 Å². The van der Waals surface area contributed by atoms with E-state index in [0.29, 0.717) is 12.2 Å². The van der Waals surface area contributed by atoms with Gasteiger partial charge in [-0.1, -0.05) is 103 Å². The molecule has 6 rings (SSSR count). The van der Waals surface area contributed by atoms with Crippen molar-refractivity contribution < 1.29 is 23.0 Å². The summed E-state index contributed by atoms with van der Waals surface area (Å²) < 4.78 is 41.3. The van der Waals surface area contributed by atoms with Crippen molar-refractivity contribution in [2.24, 2.45) is 0 Å². The van der Waals surface area contributed by atoms with Gasteiger partial charge in [-0.15, -0.1) is 0 Å². The smallest absolute Gasteiger partial charge is 0.240 e. The number of aromatic nitrogens is 3. The second-order valence-electron chi connectivity index (χ2n) is 10.4. The predicted octanol–water partition coefficient (Wildman–Crippen LogP) is 5.78. The lowest BCUT2D eigenvalue weighted by Gasteiger charge is -2.36. The largest absolute Gasteiger partial charge is 0.392 e. The van der Waals surface area contributed by atoms with Crippen molar-refractivity contribution in [1.82, 2.24) is 19.9 Å². The van der Waals surface area contributed by atoms with Gasteiger partial charge < -0.3 is 14.6 Å². The fraction of sp³-hybridized carbons (Fsp3) is 0.212. The van der Waals surface area contributed by atoms with Crippen molar-refractivity contribution in [2.45, 2.75) is 48.1 Å². The van der Waals surface area contributed by atoms with Gasteiger partial charge in [0.1, 0.15) is 6.33 Å². The van der Waals surface area contributed by atoms with Crippen LogP contribution in [0.15, 0.2) is 120 Å². The van der Waals surface area contributed by atoms with E-state index < -0.39 is 16.3 Å². The number of H-pyrrole nitrogens is 1. The maximum atomic E-state index is 12.8. The summed E-state index contributed by atoms with van der Waals surface area (Å²) in [7, 11) is -3.64. The number of aliphatic hydroxyl groups excluding tert-OH is 1. The van der Waals surface area contributed by atoms with E-state index in [4.69, 9.17) is 9.47 Å². The molecule has 44 heavy (non-hydrogen) atoms. The highest BCUT2D eigenvalue weighted by Gasteiger charge is 2.32. The zero-order chi connectivity index (χ0) is 30.4. The zero-order valence-electron chi connectivity index (χ0n) is 23.7. The summed E-state index contributed by atoms with van der Waals surface area (Å²) in [6, 6.07) is 31.9. The molecule has 1 aromatic heterocycles. The monoisotopic (exact) mass is 628 g/mol. The van der Waals surface area contributed by atoms with Crippen LogP contribution >= 0.6 is 11.8 Å². The van der Waals surface area contributed by atoms with Crippen LogP contribution in [0.25, 0.3) is 11.1 Å². The molecule has 0 bridgehead atoms. The SMILES string of the molecule is O=S(=O)(NCc1ccccc1-c1ccc(C2OC(CSc3ncn[nH]3)CC(c3ccc(CO)cc3)O2)cc1)c1ccccc1. The van der Waals surface area contributed by atoms with Crippen LogP contribution in [0.1, 0.15) is 41.1 Å². The average molecular weight is 629 g/mol. The predicted molar refractivity (Wildman–Crippen MR) is 168 cm³/mol. The van der Waals surface area contributed by atoms with Gasteiger partial charge in [0.25, 0.3) is 0 Å². The Hall–Kier alpha value is -3.84. The number of nitrogens with one attached hydrogen (secondary N) is 2. The van der Waals surface area contributed by atoms with Crippen LogP contribution in [0.2, 0.25) is 0 Å². The van der Waals surface area contributed by atoms with E-state index in [-0.39, 0.29) is 30.3 Å². The molecule has 5 aromatic rings. The fourth-order valence-electron chi connectivity index (χ4n) is 5.09. The molecule has 0 radical (unpaired) electrons. The second kappa shape index (κ2) is 13.9. The minimum Gasteiger partial charge on any atom is -0.392 e. The van der Waals surface area contributed by atoms with Crippen LogP contribution in [0.5, 0.6) is 0 Å². The van der Waals surface area contributed by atoms with Crippen molar-refractivity contribution >= 4 is 21.8 Å². The van der Waals surface area contributed by atoms with E-state index in [1.165, 1.54) is 6.33 Å². The molecule has 1 fully saturated rings. The van der Waals surface area contributed by atoms with Gasteiger partial charge in [0.05, 0.1) is 23.7 Å². The second-order valence-corrected chi connectivity index (χ2v) is 13.1. The number of hydrogen-bond acceptors (Lipinski definition) is 8. The Balaban J connectivity index is 1.20.